The topological polar surface area (TPSA) is 91.2 Å². The largest absolute Gasteiger partial charge is 0.461 e. The maximum absolute atomic E-state index is 12.9. The molecule has 2 aromatic heterocycles. The number of hydrogen-bond donors (Lipinski definition) is 0. The van der Waals surface area contributed by atoms with E-state index in [1.54, 1.807) is 26.0 Å². The van der Waals surface area contributed by atoms with E-state index >= 15 is 0 Å². The van der Waals surface area contributed by atoms with Crippen molar-refractivity contribution in [3.05, 3.63) is 53.0 Å². The van der Waals surface area contributed by atoms with Crippen LogP contribution in [0.2, 0.25) is 0 Å². The van der Waals surface area contributed by atoms with Crippen LogP contribution >= 0.6 is 0 Å². The number of esters is 1. The van der Waals surface area contributed by atoms with Crippen molar-refractivity contribution in [1.82, 2.24) is 15.3 Å². The van der Waals surface area contributed by atoms with Crippen molar-refractivity contribution in [2.45, 2.75) is 33.3 Å². The highest BCUT2D eigenvalue weighted by atomic mass is 19.1. The van der Waals surface area contributed by atoms with Gasteiger partial charge < -0.3 is 13.8 Å². The number of carbonyl (C=O) groups is 1. The second-order valence-corrected chi connectivity index (χ2v) is 5.48. The SMILES string of the molecule is Cc1noc(C)c1COC(=O)CCc1nc(-c2ccc(F)cc2)no1. The Morgan fingerprint density at radius 1 is 1.16 bits per heavy atom. The molecule has 0 saturated heterocycles. The number of hydrogen-bond acceptors (Lipinski definition) is 7. The molecule has 0 radical (unpaired) electrons. The molecule has 0 bridgehead atoms. The summed E-state index contributed by atoms with van der Waals surface area (Å²) < 4.78 is 28.2. The number of aromatic nitrogens is 3. The van der Waals surface area contributed by atoms with Crippen molar-refractivity contribution in [2.75, 3.05) is 0 Å². The van der Waals surface area contributed by atoms with E-state index in [1.807, 2.05) is 0 Å². The first-order chi connectivity index (χ1) is 12.0. The molecule has 2 heterocycles. The molecule has 0 aliphatic heterocycles. The summed E-state index contributed by atoms with van der Waals surface area (Å²) in [5.74, 6) is 0.564. The highest BCUT2D eigenvalue weighted by Crippen LogP contribution is 2.17. The first-order valence-electron chi connectivity index (χ1n) is 7.69. The van der Waals surface area contributed by atoms with E-state index in [2.05, 4.69) is 15.3 Å². The summed E-state index contributed by atoms with van der Waals surface area (Å²) in [6.07, 6.45) is 0.364. The Labute approximate surface area is 142 Å². The molecule has 0 spiro atoms. The van der Waals surface area contributed by atoms with Gasteiger partial charge in [0.15, 0.2) is 0 Å². The summed E-state index contributed by atoms with van der Waals surface area (Å²) in [7, 11) is 0. The highest BCUT2D eigenvalue weighted by Gasteiger charge is 2.14. The second kappa shape index (κ2) is 7.25. The van der Waals surface area contributed by atoms with E-state index in [0.29, 0.717) is 28.7 Å². The van der Waals surface area contributed by atoms with Crippen molar-refractivity contribution >= 4 is 5.97 Å². The number of nitrogens with zero attached hydrogens (tertiary/aromatic N) is 3. The summed E-state index contributed by atoms with van der Waals surface area (Å²) in [5.41, 5.74) is 2.10. The van der Waals surface area contributed by atoms with Gasteiger partial charge in [0.1, 0.15) is 18.2 Å². The molecule has 1 aromatic carbocycles. The number of halogens is 1. The second-order valence-electron chi connectivity index (χ2n) is 5.48. The molecule has 0 fully saturated rings. The highest BCUT2D eigenvalue weighted by molar-refractivity contribution is 5.69. The average Bonchev–Trinajstić information content (AvgIpc) is 3.19. The molecule has 0 amide bonds. The molecule has 0 aliphatic rings. The van der Waals surface area contributed by atoms with Crippen LogP contribution in [0.5, 0.6) is 0 Å². The Balaban J connectivity index is 1.52. The predicted octanol–water partition coefficient (Wildman–Crippen LogP) is 3.16. The van der Waals surface area contributed by atoms with E-state index in [-0.39, 0.29) is 31.2 Å². The number of aryl methyl sites for hydroxylation is 3. The molecule has 130 valence electrons. The monoisotopic (exact) mass is 345 g/mol. The number of rotatable bonds is 6. The summed E-state index contributed by atoms with van der Waals surface area (Å²) >= 11 is 0. The summed E-state index contributed by atoms with van der Waals surface area (Å²) in [6, 6.07) is 5.75. The molecular formula is C17H16FN3O4. The van der Waals surface area contributed by atoms with E-state index < -0.39 is 0 Å². The average molecular weight is 345 g/mol. The number of carbonyl (C=O) groups excluding carboxylic acids is 1. The summed E-state index contributed by atoms with van der Waals surface area (Å²) in [4.78, 5) is 16.0. The Hall–Kier alpha value is -3.03. The number of benzene rings is 1. The molecule has 8 heteroatoms. The van der Waals surface area contributed by atoms with E-state index in [9.17, 15) is 9.18 Å². The van der Waals surface area contributed by atoms with E-state index in [4.69, 9.17) is 13.8 Å². The van der Waals surface area contributed by atoms with Crippen LogP contribution < -0.4 is 0 Å². The lowest BCUT2D eigenvalue weighted by atomic mass is 10.2. The minimum Gasteiger partial charge on any atom is -0.461 e. The summed E-state index contributed by atoms with van der Waals surface area (Å²) in [6.45, 7) is 3.67. The van der Waals surface area contributed by atoms with Gasteiger partial charge in [0.25, 0.3) is 0 Å². The third kappa shape index (κ3) is 4.09. The minimum absolute atomic E-state index is 0.106. The van der Waals surface area contributed by atoms with Crippen molar-refractivity contribution in [3.8, 4) is 11.4 Å². The Kier molecular flexibility index (Phi) is 4.87. The van der Waals surface area contributed by atoms with Gasteiger partial charge in [-0.1, -0.05) is 10.3 Å². The predicted molar refractivity (Wildman–Crippen MR) is 83.8 cm³/mol. The fourth-order valence-corrected chi connectivity index (χ4v) is 2.21. The van der Waals surface area contributed by atoms with Gasteiger partial charge in [0.2, 0.25) is 11.7 Å². The molecule has 25 heavy (non-hydrogen) atoms. The zero-order chi connectivity index (χ0) is 17.8. The molecule has 0 aliphatic carbocycles. The van der Waals surface area contributed by atoms with Crippen LogP contribution in [0.4, 0.5) is 4.39 Å². The van der Waals surface area contributed by atoms with Gasteiger partial charge in [-0.25, -0.2) is 4.39 Å². The first-order valence-corrected chi connectivity index (χ1v) is 7.69. The first kappa shape index (κ1) is 16.8. The summed E-state index contributed by atoms with van der Waals surface area (Å²) in [5, 5.41) is 7.62. The molecule has 0 atom stereocenters. The normalized spacial score (nSPS) is 10.8. The molecule has 7 nitrogen and oxygen atoms in total. The van der Waals surface area contributed by atoms with Gasteiger partial charge >= 0.3 is 5.97 Å². The van der Waals surface area contributed by atoms with E-state index in [0.717, 1.165) is 5.56 Å². The van der Waals surface area contributed by atoms with Gasteiger partial charge in [-0.15, -0.1) is 0 Å². The van der Waals surface area contributed by atoms with Crippen molar-refractivity contribution in [2.24, 2.45) is 0 Å². The Bertz CT molecular complexity index is 851. The van der Waals surface area contributed by atoms with Gasteiger partial charge in [-0.2, -0.15) is 4.98 Å². The fourth-order valence-electron chi connectivity index (χ4n) is 2.21. The van der Waals surface area contributed by atoms with Crippen LogP contribution in [0.1, 0.15) is 29.3 Å². The van der Waals surface area contributed by atoms with Crippen LogP contribution in [0, 0.1) is 19.7 Å². The maximum Gasteiger partial charge on any atom is 0.306 e. The fraction of sp³-hybridized carbons (Fsp3) is 0.294. The Morgan fingerprint density at radius 2 is 1.92 bits per heavy atom. The molecular weight excluding hydrogens is 329 g/mol. The molecule has 3 rings (SSSR count). The lowest BCUT2D eigenvalue weighted by Crippen LogP contribution is -2.07. The molecule has 0 unspecified atom stereocenters. The Morgan fingerprint density at radius 3 is 2.60 bits per heavy atom. The standard InChI is InChI=1S/C17H16FN3O4/c1-10-14(11(2)24-20-10)9-23-16(22)8-7-15-19-17(21-25-15)12-3-5-13(18)6-4-12/h3-6H,7-9H2,1-2H3. The molecule has 0 saturated carbocycles. The van der Waals surface area contributed by atoms with Crippen LogP contribution in [0.3, 0.4) is 0 Å². The molecule has 3 aromatic rings. The quantitative estimate of drug-likeness (QED) is 0.634. The van der Waals surface area contributed by atoms with Crippen LogP contribution in [0.15, 0.2) is 33.3 Å². The third-order valence-electron chi connectivity index (χ3n) is 3.67. The zero-order valence-electron chi connectivity index (χ0n) is 13.8. The molecule has 0 N–H and O–H groups in total. The van der Waals surface area contributed by atoms with Crippen LogP contribution in [-0.4, -0.2) is 21.3 Å². The third-order valence-corrected chi connectivity index (χ3v) is 3.67. The van der Waals surface area contributed by atoms with Gasteiger partial charge in [0.05, 0.1) is 17.7 Å². The van der Waals surface area contributed by atoms with Gasteiger partial charge in [-0.05, 0) is 38.1 Å². The zero-order valence-corrected chi connectivity index (χ0v) is 13.8. The van der Waals surface area contributed by atoms with E-state index in [1.165, 1.54) is 12.1 Å². The van der Waals surface area contributed by atoms with Crippen LogP contribution in [-0.2, 0) is 22.6 Å². The lowest BCUT2D eigenvalue weighted by Gasteiger charge is -2.03. The van der Waals surface area contributed by atoms with Gasteiger partial charge in [-0.3, -0.25) is 4.79 Å². The minimum atomic E-state index is -0.387. The van der Waals surface area contributed by atoms with Gasteiger partial charge in [0, 0.05) is 12.0 Å². The number of ether oxygens (including phenoxy) is 1. The van der Waals surface area contributed by atoms with Crippen LogP contribution in [0.25, 0.3) is 11.4 Å². The maximum atomic E-state index is 12.9. The van der Waals surface area contributed by atoms with Crippen molar-refractivity contribution in [1.29, 1.82) is 0 Å². The van der Waals surface area contributed by atoms with Crippen molar-refractivity contribution in [3.63, 3.8) is 0 Å². The van der Waals surface area contributed by atoms with Crippen molar-refractivity contribution < 1.29 is 23.0 Å². The lowest BCUT2D eigenvalue weighted by molar-refractivity contribution is -0.145. The smallest absolute Gasteiger partial charge is 0.306 e.